The van der Waals surface area contributed by atoms with Crippen LogP contribution in [0.15, 0.2) is 18.2 Å². The summed E-state index contributed by atoms with van der Waals surface area (Å²) >= 11 is 4.10. The topological polar surface area (TPSA) is 29.1 Å². The molecular formula is C11H13F2NOS. The maximum Gasteiger partial charge on any atom is 0.237 e. The van der Waals surface area contributed by atoms with Crippen molar-refractivity contribution in [2.24, 2.45) is 5.92 Å². The molecule has 0 saturated carbocycles. The first-order chi connectivity index (χ1) is 7.41. The molecule has 2 nitrogen and oxygen atoms in total. The lowest BCUT2D eigenvalue weighted by molar-refractivity contribution is -0.116. The molecule has 0 aliphatic rings. The predicted octanol–water partition coefficient (Wildman–Crippen LogP) is 2.86. The summed E-state index contributed by atoms with van der Waals surface area (Å²) in [4.78, 5) is 11.5. The summed E-state index contributed by atoms with van der Waals surface area (Å²) in [6.45, 7) is 3.66. The number of hydrogen-bond acceptors (Lipinski definition) is 2. The predicted molar refractivity (Wildman–Crippen MR) is 62.6 cm³/mol. The van der Waals surface area contributed by atoms with Gasteiger partial charge >= 0.3 is 0 Å². The van der Waals surface area contributed by atoms with Gasteiger partial charge in [-0.05, 0) is 18.1 Å². The molecule has 1 rings (SSSR count). The fourth-order valence-corrected chi connectivity index (χ4v) is 1.16. The second kappa shape index (κ2) is 5.30. The van der Waals surface area contributed by atoms with Crippen LogP contribution in [0, 0.1) is 17.6 Å². The lowest BCUT2D eigenvalue weighted by Gasteiger charge is -2.14. The van der Waals surface area contributed by atoms with Gasteiger partial charge in [0.1, 0.15) is 11.6 Å². The first-order valence-electron chi connectivity index (χ1n) is 4.86. The van der Waals surface area contributed by atoms with Gasteiger partial charge in [0.15, 0.2) is 0 Å². The second-order valence-corrected chi connectivity index (χ2v) is 4.36. The number of rotatable bonds is 3. The summed E-state index contributed by atoms with van der Waals surface area (Å²) in [6, 6.07) is 2.99. The molecule has 0 radical (unpaired) electrons. The molecule has 0 bridgehead atoms. The zero-order chi connectivity index (χ0) is 12.3. The molecule has 0 fully saturated rings. The standard InChI is InChI=1S/C11H13F2NOS/c1-6(2)10(16)11(15)14-9-4-3-7(12)5-8(9)13/h3-6,10,16H,1-2H3,(H,14,15). The van der Waals surface area contributed by atoms with Gasteiger partial charge in [-0.25, -0.2) is 8.78 Å². The van der Waals surface area contributed by atoms with Crippen molar-refractivity contribution in [2.45, 2.75) is 19.1 Å². The number of amides is 1. The van der Waals surface area contributed by atoms with E-state index in [1.54, 1.807) is 0 Å². The number of halogens is 2. The van der Waals surface area contributed by atoms with E-state index in [1.165, 1.54) is 6.07 Å². The van der Waals surface area contributed by atoms with Gasteiger partial charge in [0.25, 0.3) is 0 Å². The minimum atomic E-state index is -0.794. The number of hydrogen-bond donors (Lipinski definition) is 2. The lowest BCUT2D eigenvalue weighted by atomic mass is 10.1. The molecule has 0 heterocycles. The van der Waals surface area contributed by atoms with Crippen LogP contribution in [0.2, 0.25) is 0 Å². The Morgan fingerprint density at radius 1 is 1.38 bits per heavy atom. The molecule has 1 atom stereocenters. The Labute approximate surface area is 98.5 Å². The van der Waals surface area contributed by atoms with Gasteiger partial charge in [-0.1, -0.05) is 13.8 Å². The van der Waals surface area contributed by atoms with Crippen molar-refractivity contribution in [3.8, 4) is 0 Å². The molecule has 0 spiro atoms. The Morgan fingerprint density at radius 3 is 2.50 bits per heavy atom. The van der Waals surface area contributed by atoms with Gasteiger partial charge in [-0.3, -0.25) is 4.79 Å². The van der Waals surface area contributed by atoms with E-state index in [0.717, 1.165) is 12.1 Å². The Balaban J connectivity index is 2.77. The number of thiol groups is 1. The third-order valence-corrected chi connectivity index (χ3v) is 2.92. The molecule has 16 heavy (non-hydrogen) atoms. The van der Waals surface area contributed by atoms with E-state index in [0.29, 0.717) is 0 Å². The maximum absolute atomic E-state index is 13.2. The van der Waals surface area contributed by atoms with Crippen LogP contribution in [0.25, 0.3) is 0 Å². The zero-order valence-electron chi connectivity index (χ0n) is 9.00. The molecule has 1 unspecified atom stereocenters. The summed E-state index contributed by atoms with van der Waals surface area (Å²) in [5.74, 6) is -1.84. The van der Waals surface area contributed by atoms with Gasteiger partial charge in [-0.2, -0.15) is 12.6 Å². The van der Waals surface area contributed by atoms with Crippen LogP contribution in [0.4, 0.5) is 14.5 Å². The van der Waals surface area contributed by atoms with Crippen LogP contribution < -0.4 is 5.32 Å². The lowest BCUT2D eigenvalue weighted by Crippen LogP contribution is -2.27. The van der Waals surface area contributed by atoms with E-state index in [2.05, 4.69) is 17.9 Å². The van der Waals surface area contributed by atoms with Crippen molar-refractivity contribution in [1.82, 2.24) is 0 Å². The Morgan fingerprint density at radius 2 is 2.00 bits per heavy atom. The van der Waals surface area contributed by atoms with Crippen molar-refractivity contribution in [2.75, 3.05) is 5.32 Å². The molecule has 1 amide bonds. The SMILES string of the molecule is CC(C)C(S)C(=O)Nc1ccc(F)cc1F. The number of nitrogens with one attached hydrogen (secondary N) is 1. The number of anilines is 1. The third kappa shape index (κ3) is 3.20. The van der Waals surface area contributed by atoms with E-state index in [9.17, 15) is 13.6 Å². The van der Waals surface area contributed by atoms with E-state index < -0.39 is 22.8 Å². The maximum atomic E-state index is 13.2. The highest BCUT2D eigenvalue weighted by Gasteiger charge is 2.18. The quantitative estimate of drug-likeness (QED) is 0.788. The second-order valence-electron chi connectivity index (χ2n) is 3.80. The molecule has 5 heteroatoms. The van der Waals surface area contributed by atoms with Crippen LogP contribution in [0.3, 0.4) is 0 Å². The van der Waals surface area contributed by atoms with Crippen molar-refractivity contribution < 1.29 is 13.6 Å². The highest BCUT2D eigenvalue weighted by Crippen LogP contribution is 2.17. The molecule has 1 aromatic carbocycles. The minimum absolute atomic E-state index is 0.0341. The van der Waals surface area contributed by atoms with Crippen LogP contribution >= 0.6 is 12.6 Å². The van der Waals surface area contributed by atoms with E-state index in [-0.39, 0.29) is 11.6 Å². The summed E-state index contributed by atoms with van der Waals surface area (Å²) in [6.07, 6.45) is 0. The first kappa shape index (κ1) is 13.0. The van der Waals surface area contributed by atoms with Crippen molar-refractivity contribution in [3.63, 3.8) is 0 Å². The van der Waals surface area contributed by atoms with Gasteiger partial charge in [0, 0.05) is 6.07 Å². The Hall–Kier alpha value is -1.10. The molecule has 1 N–H and O–H groups in total. The molecule has 1 aromatic rings. The fraction of sp³-hybridized carbons (Fsp3) is 0.364. The van der Waals surface area contributed by atoms with E-state index >= 15 is 0 Å². The molecule has 0 saturated heterocycles. The van der Waals surface area contributed by atoms with Crippen LogP contribution in [-0.2, 0) is 4.79 Å². The zero-order valence-corrected chi connectivity index (χ0v) is 9.89. The summed E-state index contributed by atoms with van der Waals surface area (Å²) < 4.78 is 25.8. The van der Waals surface area contributed by atoms with Crippen molar-refractivity contribution in [1.29, 1.82) is 0 Å². The summed E-state index contributed by atoms with van der Waals surface area (Å²) in [5, 5.41) is 1.84. The van der Waals surface area contributed by atoms with Crippen LogP contribution in [0.1, 0.15) is 13.8 Å². The average molecular weight is 245 g/mol. The summed E-state index contributed by atoms with van der Waals surface area (Å²) in [5.41, 5.74) is -0.0360. The first-order valence-corrected chi connectivity index (χ1v) is 5.37. The van der Waals surface area contributed by atoms with Gasteiger partial charge < -0.3 is 5.32 Å². The third-order valence-electron chi connectivity index (χ3n) is 2.09. The number of carbonyl (C=O) groups excluding carboxylic acids is 1. The van der Waals surface area contributed by atoms with E-state index in [1.807, 2.05) is 13.8 Å². The molecule has 0 aliphatic heterocycles. The summed E-state index contributed by atoms with van der Waals surface area (Å²) in [7, 11) is 0. The number of carbonyl (C=O) groups is 1. The van der Waals surface area contributed by atoms with Gasteiger partial charge in [0.05, 0.1) is 10.9 Å². The molecular weight excluding hydrogens is 232 g/mol. The highest BCUT2D eigenvalue weighted by molar-refractivity contribution is 7.81. The van der Waals surface area contributed by atoms with Crippen molar-refractivity contribution >= 4 is 24.2 Å². The normalized spacial score (nSPS) is 12.6. The Bertz CT molecular complexity index is 396. The fourth-order valence-electron chi connectivity index (χ4n) is 1.10. The minimum Gasteiger partial charge on any atom is -0.323 e. The van der Waals surface area contributed by atoms with Gasteiger partial charge in [0.2, 0.25) is 5.91 Å². The van der Waals surface area contributed by atoms with Crippen LogP contribution in [0.5, 0.6) is 0 Å². The van der Waals surface area contributed by atoms with Crippen molar-refractivity contribution in [3.05, 3.63) is 29.8 Å². The highest BCUT2D eigenvalue weighted by atomic mass is 32.1. The monoisotopic (exact) mass is 245 g/mol. The smallest absolute Gasteiger partial charge is 0.237 e. The van der Waals surface area contributed by atoms with Crippen LogP contribution in [-0.4, -0.2) is 11.2 Å². The molecule has 0 aromatic heterocycles. The van der Waals surface area contributed by atoms with E-state index in [4.69, 9.17) is 0 Å². The number of benzene rings is 1. The van der Waals surface area contributed by atoms with Gasteiger partial charge in [-0.15, -0.1) is 0 Å². The molecule has 0 aliphatic carbocycles. The largest absolute Gasteiger partial charge is 0.323 e. The Kier molecular flexibility index (Phi) is 4.29. The average Bonchev–Trinajstić information content (AvgIpc) is 2.20. The molecule has 88 valence electrons.